The smallest absolute Gasteiger partial charge is 0.223 e. The van der Waals surface area contributed by atoms with Gasteiger partial charge in [0.25, 0.3) is 0 Å². The Balaban J connectivity index is 0.00000162. The molecule has 3 N–H and O–H groups in total. The monoisotopic (exact) mass is 274 g/mol. The molecule has 3 unspecified atom stereocenters. The average Bonchev–Trinajstić information content (AvgIpc) is 2.28. The molecule has 1 amide bonds. The first kappa shape index (κ1) is 15.8. The first-order valence-electron chi connectivity index (χ1n) is 7.17. The predicted octanol–water partition coefficient (Wildman–Crippen LogP) is 2.48. The Bertz CT molecular complexity index is 271. The Morgan fingerprint density at radius 3 is 2.39 bits per heavy atom. The average molecular weight is 275 g/mol. The van der Waals surface area contributed by atoms with E-state index in [1.165, 1.54) is 19.3 Å². The van der Waals surface area contributed by atoms with Crippen molar-refractivity contribution in [2.45, 2.75) is 64.5 Å². The van der Waals surface area contributed by atoms with Gasteiger partial charge in [0.05, 0.1) is 0 Å². The molecule has 18 heavy (non-hydrogen) atoms. The van der Waals surface area contributed by atoms with E-state index in [1.807, 2.05) is 0 Å². The summed E-state index contributed by atoms with van der Waals surface area (Å²) in [6, 6.07) is 0.661. The van der Waals surface area contributed by atoms with Crippen molar-refractivity contribution in [2.75, 3.05) is 0 Å². The lowest BCUT2D eigenvalue weighted by atomic mass is 9.65. The summed E-state index contributed by atoms with van der Waals surface area (Å²) in [5.41, 5.74) is 6.24. The molecule has 2 aliphatic carbocycles. The molecule has 2 aliphatic rings. The number of fused-ring (bicyclic) bond motifs is 2. The first-order valence-corrected chi connectivity index (χ1v) is 7.17. The molecule has 3 atom stereocenters. The minimum absolute atomic E-state index is 0. The van der Waals surface area contributed by atoms with Gasteiger partial charge in [0.1, 0.15) is 0 Å². The van der Waals surface area contributed by atoms with E-state index in [-0.39, 0.29) is 24.2 Å². The fourth-order valence-electron chi connectivity index (χ4n) is 3.47. The van der Waals surface area contributed by atoms with Crippen LogP contribution >= 0.6 is 12.4 Å². The van der Waals surface area contributed by atoms with Crippen LogP contribution in [0.15, 0.2) is 0 Å². The highest BCUT2D eigenvalue weighted by molar-refractivity contribution is 5.85. The molecule has 0 aromatic carbocycles. The van der Waals surface area contributed by atoms with E-state index >= 15 is 0 Å². The minimum atomic E-state index is 0. The van der Waals surface area contributed by atoms with Gasteiger partial charge in [-0.05, 0) is 50.9 Å². The predicted molar refractivity (Wildman–Crippen MR) is 76.7 cm³/mol. The fraction of sp³-hybridized carbons (Fsp3) is 0.929. The van der Waals surface area contributed by atoms with Crippen molar-refractivity contribution < 1.29 is 4.79 Å². The Labute approximate surface area is 117 Å². The van der Waals surface area contributed by atoms with Gasteiger partial charge in [0.15, 0.2) is 0 Å². The summed E-state index contributed by atoms with van der Waals surface area (Å²) in [6.07, 6.45) is 6.79. The van der Waals surface area contributed by atoms with Crippen LogP contribution in [0, 0.1) is 17.8 Å². The largest absolute Gasteiger partial charge is 0.353 e. The molecule has 0 heterocycles. The Hall–Kier alpha value is -0.280. The van der Waals surface area contributed by atoms with Gasteiger partial charge in [-0.25, -0.2) is 0 Å². The van der Waals surface area contributed by atoms with Crippen molar-refractivity contribution >= 4 is 18.3 Å². The zero-order valence-corrected chi connectivity index (χ0v) is 12.3. The van der Waals surface area contributed by atoms with Crippen molar-refractivity contribution in [3.8, 4) is 0 Å². The summed E-state index contributed by atoms with van der Waals surface area (Å²) in [4.78, 5) is 12.2. The summed E-state index contributed by atoms with van der Waals surface area (Å²) >= 11 is 0. The van der Waals surface area contributed by atoms with Gasteiger partial charge in [-0.15, -0.1) is 12.4 Å². The zero-order valence-electron chi connectivity index (χ0n) is 11.5. The zero-order chi connectivity index (χ0) is 12.4. The van der Waals surface area contributed by atoms with Crippen LogP contribution in [0.25, 0.3) is 0 Å². The lowest BCUT2D eigenvalue weighted by molar-refractivity contribution is -0.128. The standard InChI is InChI=1S/C14H26N2O.ClH/c1-3-9(2)16-14(17)12-7-10-5-4-6-11(8-12)13(10)15;/h9-13H,3-8,15H2,1-2H3,(H,16,17);1H. The van der Waals surface area contributed by atoms with Crippen molar-refractivity contribution in [3.05, 3.63) is 0 Å². The fourth-order valence-corrected chi connectivity index (χ4v) is 3.47. The second-order valence-electron chi connectivity index (χ2n) is 6.01. The number of halogens is 1. The van der Waals surface area contributed by atoms with E-state index in [4.69, 9.17) is 5.73 Å². The highest BCUT2D eigenvalue weighted by atomic mass is 35.5. The molecular weight excluding hydrogens is 248 g/mol. The van der Waals surface area contributed by atoms with Crippen LogP contribution < -0.4 is 11.1 Å². The first-order chi connectivity index (χ1) is 8.11. The van der Waals surface area contributed by atoms with Crippen molar-refractivity contribution in [3.63, 3.8) is 0 Å². The van der Waals surface area contributed by atoms with E-state index in [1.54, 1.807) is 0 Å². The SMILES string of the molecule is CCC(C)NC(=O)C1CC2CCCC(C1)C2N.Cl. The van der Waals surface area contributed by atoms with Gasteiger partial charge >= 0.3 is 0 Å². The number of nitrogens with two attached hydrogens (primary N) is 1. The van der Waals surface area contributed by atoms with Gasteiger partial charge in [-0.1, -0.05) is 13.3 Å². The lowest BCUT2D eigenvalue weighted by Crippen LogP contribution is -2.49. The molecule has 2 fully saturated rings. The van der Waals surface area contributed by atoms with Crippen molar-refractivity contribution in [2.24, 2.45) is 23.5 Å². The summed E-state index contributed by atoms with van der Waals surface area (Å²) in [6.45, 7) is 4.18. The quantitative estimate of drug-likeness (QED) is 0.831. The Morgan fingerprint density at radius 1 is 1.33 bits per heavy atom. The van der Waals surface area contributed by atoms with Crippen LogP contribution in [0.3, 0.4) is 0 Å². The molecule has 2 rings (SSSR count). The number of carbonyl (C=O) groups is 1. The van der Waals surface area contributed by atoms with E-state index in [0.29, 0.717) is 23.9 Å². The van der Waals surface area contributed by atoms with Crippen LogP contribution in [-0.2, 0) is 4.79 Å². The van der Waals surface area contributed by atoms with E-state index in [0.717, 1.165) is 19.3 Å². The van der Waals surface area contributed by atoms with Gasteiger partial charge in [-0.2, -0.15) is 0 Å². The molecule has 3 nitrogen and oxygen atoms in total. The van der Waals surface area contributed by atoms with Gasteiger partial charge in [0.2, 0.25) is 5.91 Å². The number of hydrogen-bond donors (Lipinski definition) is 2. The Morgan fingerprint density at radius 2 is 1.89 bits per heavy atom. The molecule has 0 radical (unpaired) electrons. The number of rotatable bonds is 3. The molecule has 0 spiro atoms. The van der Waals surface area contributed by atoms with Gasteiger partial charge in [-0.3, -0.25) is 4.79 Å². The second-order valence-corrected chi connectivity index (χ2v) is 6.01. The third kappa shape index (κ3) is 3.39. The van der Waals surface area contributed by atoms with Gasteiger partial charge < -0.3 is 11.1 Å². The summed E-state index contributed by atoms with van der Waals surface area (Å²) in [5.74, 6) is 1.67. The number of nitrogens with one attached hydrogen (secondary N) is 1. The molecule has 4 heteroatoms. The highest BCUT2D eigenvalue weighted by Crippen LogP contribution is 2.41. The van der Waals surface area contributed by atoms with Crippen LogP contribution in [0.4, 0.5) is 0 Å². The minimum Gasteiger partial charge on any atom is -0.353 e. The maximum Gasteiger partial charge on any atom is 0.223 e. The van der Waals surface area contributed by atoms with Gasteiger partial charge in [0, 0.05) is 18.0 Å². The third-order valence-corrected chi connectivity index (χ3v) is 4.78. The number of carbonyl (C=O) groups excluding carboxylic acids is 1. The van der Waals surface area contributed by atoms with Crippen LogP contribution in [0.1, 0.15) is 52.4 Å². The molecule has 0 saturated heterocycles. The van der Waals surface area contributed by atoms with Crippen molar-refractivity contribution in [1.29, 1.82) is 0 Å². The maximum absolute atomic E-state index is 12.2. The topological polar surface area (TPSA) is 55.1 Å². The van der Waals surface area contributed by atoms with E-state index in [9.17, 15) is 4.79 Å². The molecule has 2 saturated carbocycles. The van der Waals surface area contributed by atoms with E-state index < -0.39 is 0 Å². The summed E-state index contributed by atoms with van der Waals surface area (Å²) in [5, 5.41) is 3.12. The number of hydrogen-bond acceptors (Lipinski definition) is 2. The van der Waals surface area contributed by atoms with Crippen LogP contribution in [0.5, 0.6) is 0 Å². The molecule has 106 valence electrons. The molecule has 0 aromatic heterocycles. The van der Waals surface area contributed by atoms with Crippen LogP contribution in [0.2, 0.25) is 0 Å². The third-order valence-electron chi connectivity index (χ3n) is 4.78. The summed E-state index contributed by atoms with van der Waals surface area (Å²) in [7, 11) is 0. The number of amides is 1. The van der Waals surface area contributed by atoms with Crippen molar-refractivity contribution in [1.82, 2.24) is 5.32 Å². The molecule has 0 aromatic rings. The van der Waals surface area contributed by atoms with E-state index in [2.05, 4.69) is 19.2 Å². The lowest BCUT2D eigenvalue weighted by Gasteiger charge is -2.43. The summed E-state index contributed by atoms with van der Waals surface area (Å²) < 4.78 is 0. The maximum atomic E-state index is 12.2. The second kappa shape index (κ2) is 6.76. The Kier molecular flexibility index (Phi) is 5.93. The normalized spacial score (nSPS) is 36.4. The molecule has 0 aliphatic heterocycles. The highest BCUT2D eigenvalue weighted by Gasteiger charge is 2.40. The molecular formula is C14H27ClN2O. The molecule has 2 bridgehead atoms. The van der Waals surface area contributed by atoms with Crippen LogP contribution in [-0.4, -0.2) is 18.0 Å².